The third-order valence-corrected chi connectivity index (χ3v) is 2.95. The first-order valence-corrected chi connectivity index (χ1v) is 6.23. The fraction of sp³-hybridized carbons (Fsp3) is 0.667. The van der Waals surface area contributed by atoms with Crippen LogP contribution in [0.25, 0.3) is 0 Å². The number of nitrogens with zero attached hydrogens (tertiary/aromatic N) is 3. The predicted octanol–water partition coefficient (Wildman–Crippen LogP) is 2.34. The number of hydrogen-bond acceptors (Lipinski definition) is 4. The number of aliphatic hydroxyl groups excluding tert-OH is 1. The van der Waals surface area contributed by atoms with Gasteiger partial charge < -0.3 is 10.0 Å². The van der Waals surface area contributed by atoms with Gasteiger partial charge in [-0.05, 0) is 34.1 Å². The minimum atomic E-state index is 0.166. The van der Waals surface area contributed by atoms with Crippen molar-refractivity contribution in [3.63, 3.8) is 0 Å². The Bertz CT molecular complexity index is 382. The first-order chi connectivity index (χ1) is 7.97. The van der Waals surface area contributed by atoms with Crippen molar-refractivity contribution in [1.82, 2.24) is 9.97 Å². The van der Waals surface area contributed by atoms with E-state index in [1.165, 1.54) is 0 Å². The Labute approximate surface area is 108 Å². The van der Waals surface area contributed by atoms with Crippen LogP contribution < -0.4 is 4.90 Å². The monoisotopic (exact) mass is 257 g/mol. The summed E-state index contributed by atoms with van der Waals surface area (Å²) >= 11 is 6.14. The molecule has 0 atom stereocenters. The summed E-state index contributed by atoms with van der Waals surface area (Å²) in [6, 6.07) is 0.274. The zero-order valence-corrected chi connectivity index (χ0v) is 11.6. The maximum Gasteiger partial charge on any atom is 0.171 e. The first-order valence-electron chi connectivity index (χ1n) is 5.85. The smallest absolute Gasteiger partial charge is 0.171 e. The number of aliphatic hydroxyl groups is 1. The van der Waals surface area contributed by atoms with Gasteiger partial charge >= 0.3 is 0 Å². The molecule has 0 bridgehead atoms. The molecule has 0 aliphatic rings. The van der Waals surface area contributed by atoms with Crippen LogP contribution >= 0.6 is 11.6 Å². The van der Waals surface area contributed by atoms with Crippen molar-refractivity contribution in [3.05, 3.63) is 16.5 Å². The molecule has 0 saturated heterocycles. The molecule has 0 aliphatic carbocycles. The molecule has 0 amide bonds. The number of aromatic nitrogens is 2. The molecule has 1 N–H and O–H groups in total. The Morgan fingerprint density at radius 1 is 1.24 bits per heavy atom. The molecule has 4 nitrogen and oxygen atoms in total. The molecule has 0 spiro atoms. The Kier molecular flexibility index (Phi) is 5.15. The van der Waals surface area contributed by atoms with E-state index in [4.69, 9.17) is 16.7 Å². The van der Waals surface area contributed by atoms with Gasteiger partial charge in [-0.25, -0.2) is 9.97 Å². The van der Waals surface area contributed by atoms with Crippen molar-refractivity contribution in [2.45, 2.75) is 40.2 Å². The second-order valence-corrected chi connectivity index (χ2v) is 4.73. The van der Waals surface area contributed by atoms with Crippen LogP contribution in [0.3, 0.4) is 0 Å². The highest BCUT2D eigenvalue weighted by Gasteiger charge is 2.17. The highest BCUT2D eigenvalue weighted by atomic mass is 35.5. The Balaban J connectivity index is 3.05. The van der Waals surface area contributed by atoms with Gasteiger partial charge in [0.2, 0.25) is 0 Å². The molecule has 0 aliphatic heterocycles. The SMILES string of the molecule is Cc1nc(Cl)c(N(CCCO)C(C)C)nc1C. The van der Waals surface area contributed by atoms with Gasteiger partial charge in [0.25, 0.3) is 0 Å². The zero-order chi connectivity index (χ0) is 13.0. The topological polar surface area (TPSA) is 49.2 Å². The molecule has 1 heterocycles. The van der Waals surface area contributed by atoms with E-state index in [-0.39, 0.29) is 12.6 Å². The summed E-state index contributed by atoms with van der Waals surface area (Å²) in [6.45, 7) is 8.86. The summed E-state index contributed by atoms with van der Waals surface area (Å²) < 4.78 is 0. The average molecular weight is 258 g/mol. The molecule has 96 valence electrons. The molecule has 1 aromatic rings. The molecule has 17 heavy (non-hydrogen) atoms. The summed E-state index contributed by atoms with van der Waals surface area (Å²) in [5, 5.41) is 9.35. The van der Waals surface area contributed by atoms with E-state index in [0.29, 0.717) is 17.4 Å². The molecule has 0 aromatic carbocycles. The summed E-state index contributed by atoms with van der Waals surface area (Å²) in [5.41, 5.74) is 1.74. The summed E-state index contributed by atoms with van der Waals surface area (Å²) in [5.74, 6) is 0.707. The maximum atomic E-state index is 8.92. The van der Waals surface area contributed by atoms with Gasteiger partial charge in [0.05, 0.1) is 11.4 Å². The van der Waals surface area contributed by atoms with Gasteiger partial charge in [0.1, 0.15) is 0 Å². The number of rotatable bonds is 5. The van der Waals surface area contributed by atoms with Crippen LogP contribution in [0.15, 0.2) is 0 Å². The van der Waals surface area contributed by atoms with Crippen LogP contribution in [0, 0.1) is 13.8 Å². The average Bonchev–Trinajstić information content (AvgIpc) is 2.25. The lowest BCUT2D eigenvalue weighted by Crippen LogP contribution is -2.33. The maximum absolute atomic E-state index is 8.92. The minimum absolute atomic E-state index is 0.166. The van der Waals surface area contributed by atoms with Crippen molar-refractivity contribution in [1.29, 1.82) is 0 Å². The van der Waals surface area contributed by atoms with E-state index < -0.39 is 0 Å². The summed E-state index contributed by atoms with van der Waals surface area (Å²) in [4.78, 5) is 10.8. The largest absolute Gasteiger partial charge is 0.396 e. The van der Waals surface area contributed by atoms with Gasteiger partial charge in [-0.3, -0.25) is 0 Å². The van der Waals surface area contributed by atoms with Gasteiger partial charge in [0.15, 0.2) is 11.0 Å². The van der Waals surface area contributed by atoms with E-state index in [0.717, 1.165) is 17.9 Å². The summed E-state index contributed by atoms with van der Waals surface area (Å²) in [7, 11) is 0. The number of halogens is 1. The quantitative estimate of drug-likeness (QED) is 0.880. The first kappa shape index (κ1) is 14.2. The van der Waals surface area contributed by atoms with Crippen molar-refractivity contribution in [2.24, 2.45) is 0 Å². The van der Waals surface area contributed by atoms with E-state index in [2.05, 4.69) is 28.7 Å². The third kappa shape index (κ3) is 3.54. The van der Waals surface area contributed by atoms with Gasteiger partial charge in [-0.15, -0.1) is 0 Å². The highest BCUT2D eigenvalue weighted by Crippen LogP contribution is 2.24. The lowest BCUT2D eigenvalue weighted by atomic mass is 10.2. The predicted molar refractivity (Wildman–Crippen MR) is 70.7 cm³/mol. The molecular weight excluding hydrogens is 238 g/mol. The molecule has 1 aromatic heterocycles. The van der Waals surface area contributed by atoms with E-state index in [9.17, 15) is 0 Å². The van der Waals surface area contributed by atoms with Crippen LogP contribution in [-0.4, -0.2) is 34.3 Å². The Morgan fingerprint density at radius 3 is 2.35 bits per heavy atom. The van der Waals surface area contributed by atoms with Gasteiger partial charge in [-0.2, -0.15) is 0 Å². The van der Waals surface area contributed by atoms with Crippen LogP contribution in [-0.2, 0) is 0 Å². The van der Waals surface area contributed by atoms with E-state index in [1.807, 2.05) is 13.8 Å². The molecular formula is C12H20ClN3O. The standard InChI is InChI=1S/C12H20ClN3O/c1-8(2)16(6-5-7-17)12-11(13)14-9(3)10(4)15-12/h8,17H,5-7H2,1-4H3. The number of aryl methyl sites for hydroxylation is 2. The molecule has 0 fully saturated rings. The molecule has 5 heteroatoms. The highest BCUT2D eigenvalue weighted by molar-refractivity contribution is 6.31. The lowest BCUT2D eigenvalue weighted by Gasteiger charge is -2.28. The Hall–Kier alpha value is -0.870. The fourth-order valence-corrected chi connectivity index (χ4v) is 1.87. The molecule has 0 unspecified atom stereocenters. The zero-order valence-electron chi connectivity index (χ0n) is 10.9. The van der Waals surface area contributed by atoms with Gasteiger partial charge in [0, 0.05) is 19.2 Å². The lowest BCUT2D eigenvalue weighted by molar-refractivity contribution is 0.288. The van der Waals surface area contributed by atoms with Crippen LogP contribution in [0.2, 0.25) is 5.15 Å². The Morgan fingerprint density at radius 2 is 1.82 bits per heavy atom. The second kappa shape index (κ2) is 6.17. The number of anilines is 1. The van der Waals surface area contributed by atoms with Crippen molar-refractivity contribution in [3.8, 4) is 0 Å². The van der Waals surface area contributed by atoms with Crippen LogP contribution in [0.5, 0.6) is 0 Å². The van der Waals surface area contributed by atoms with Crippen LogP contribution in [0.4, 0.5) is 5.82 Å². The van der Waals surface area contributed by atoms with E-state index in [1.54, 1.807) is 0 Å². The molecule has 0 radical (unpaired) electrons. The number of hydrogen-bond donors (Lipinski definition) is 1. The van der Waals surface area contributed by atoms with Crippen molar-refractivity contribution < 1.29 is 5.11 Å². The van der Waals surface area contributed by atoms with Crippen molar-refractivity contribution >= 4 is 17.4 Å². The van der Waals surface area contributed by atoms with Gasteiger partial charge in [-0.1, -0.05) is 11.6 Å². The minimum Gasteiger partial charge on any atom is -0.396 e. The summed E-state index contributed by atoms with van der Waals surface area (Å²) in [6.07, 6.45) is 0.698. The molecule has 0 saturated carbocycles. The van der Waals surface area contributed by atoms with Crippen LogP contribution in [0.1, 0.15) is 31.7 Å². The molecule has 1 rings (SSSR count). The second-order valence-electron chi connectivity index (χ2n) is 4.37. The normalized spacial score (nSPS) is 11.0. The fourth-order valence-electron chi connectivity index (χ4n) is 1.60. The van der Waals surface area contributed by atoms with E-state index >= 15 is 0 Å². The van der Waals surface area contributed by atoms with Crippen molar-refractivity contribution in [2.75, 3.05) is 18.1 Å². The third-order valence-electron chi connectivity index (χ3n) is 2.70.